The Hall–Kier alpha value is -3.27. The number of rotatable bonds is 6. The van der Waals surface area contributed by atoms with Crippen molar-refractivity contribution in [1.29, 1.82) is 0 Å². The number of benzene rings is 2. The minimum absolute atomic E-state index is 0.0392. The van der Waals surface area contributed by atoms with Crippen molar-refractivity contribution < 1.29 is 27.1 Å². The summed E-state index contributed by atoms with van der Waals surface area (Å²) in [5.41, 5.74) is -0.913. The number of nitrogens with one attached hydrogen (secondary N) is 1. The lowest BCUT2D eigenvalue weighted by molar-refractivity contribution is -0.211. The van der Waals surface area contributed by atoms with E-state index in [1.54, 1.807) is 25.1 Å². The summed E-state index contributed by atoms with van der Waals surface area (Å²) < 4.78 is 58.5. The fraction of sp³-hybridized carbons (Fsp3) is 0.304. The van der Waals surface area contributed by atoms with E-state index in [2.05, 4.69) is 20.3 Å². The smallest absolute Gasteiger partial charge is 0.402 e. The number of methoxy groups -OCH3 is 1. The Morgan fingerprint density at radius 1 is 1.06 bits per heavy atom. The average Bonchev–Trinajstić information content (AvgIpc) is 2.78. The van der Waals surface area contributed by atoms with Gasteiger partial charge in [0.15, 0.2) is 11.6 Å². The Morgan fingerprint density at radius 2 is 1.74 bits per heavy atom. The Balaban J connectivity index is 1.95. The molecular weight excluding hydrogens is 476 g/mol. The third-order valence-electron chi connectivity index (χ3n) is 5.23. The highest BCUT2D eigenvalue weighted by molar-refractivity contribution is 6.33. The van der Waals surface area contributed by atoms with Crippen LogP contribution in [0.25, 0.3) is 22.8 Å². The maximum absolute atomic E-state index is 14.1. The fourth-order valence-electron chi connectivity index (χ4n) is 2.82. The molecule has 0 radical (unpaired) electrons. The second-order valence-electron chi connectivity index (χ2n) is 8.05. The third kappa shape index (κ3) is 5.27. The summed E-state index contributed by atoms with van der Waals surface area (Å²) in [7, 11) is 1.36. The van der Waals surface area contributed by atoms with Crippen LogP contribution in [-0.4, -0.2) is 34.1 Å². The maximum atomic E-state index is 14.1. The standard InChI is InChI=1S/C23H21ClF4N4O2/c1-12-5-7-14(10-17(12)25)18-30-19(32-21(31-18)34-4)15-9-13(6-8-16(15)24)11-29-20(33)22(2,3)23(26,27)28/h5-10H,11H2,1-4H3,(H,29,33). The zero-order valence-electron chi connectivity index (χ0n) is 18.7. The van der Waals surface area contributed by atoms with E-state index in [1.807, 2.05) is 0 Å². The van der Waals surface area contributed by atoms with Gasteiger partial charge >= 0.3 is 12.2 Å². The van der Waals surface area contributed by atoms with E-state index >= 15 is 0 Å². The van der Waals surface area contributed by atoms with Crippen molar-refractivity contribution in [2.75, 3.05) is 7.11 Å². The van der Waals surface area contributed by atoms with Crippen molar-refractivity contribution in [1.82, 2.24) is 20.3 Å². The summed E-state index contributed by atoms with van der Waals surface area (Å²) >= 11 is 6.33. The molecule has 0 saturated heterocycles. The molecule has 1 N–H and O–H groups in total. The molecule has 3 aromatic rings. The molecule has 6 nitrogen and oxygen atoms in total. The minimum atomic E-state index is -4.70. The first-order chi connectivity index (χ1) is 15.8. The number of aromatic nitrogens is 3. The lowest BCUT2D eigenvalue weighted by atomic mass is 9.91. The molecular formula is C23H21ClF4N4O2. The molecule has 0 spiro atoms. The summed E-state index contributed by atoms with van der Waals surface area (Å²) in [4.78, 5) is 24.8. The highest BCUT2D eigenvalue weighted by atomic mass is 35.5. The normalized spacial score (nSPS) is 11.9. The zero-order valence-corrected chi connectivity index (χ0v) is 19.5. The second-order valence-corrected chi connectivity index (χ2v) is 8.46. The molecule has 0 bridgehead atoms. The van der Waals surface area contributed by atoms with Crippen molar-refractivity contribution in [3.8, 4) is 28.8 Å². The minimum Gasteiger partial charge on any atom is -0.467 e. The molecule has 2 aromatic carbocycles. The van der Waals surface area contributed by atoms with Gasteiger partial charge in [-0.1, -0.05) is 29.8 Å². The van der Waals surface area contributed by atoms with Crippen LogP contribution in [0.4, 0.5) is 17.6 Å². The predicted molar refractivity (Wildman–Crippen MR) is 119 cm³/mol. The quantitative estimate of drug-likeness (QED) is 0.455. The Morgan fingerprint density at radius 3 is 2.35 bits per heavy atom. The van der Waals surface area contributed by atoms with Gasteiger partial charge in [0.05, 0.1) is 12.1 Å². The number of alkyl halides is 3. The molecule has 0 aliphatic carbocycles. The molecule has 0 atom stereocenters. The van der Waals surface area contributed by atoms with E-state index < -0.39 is 23.3 Å². The lowest BCUT2D eigenvalue weighted by Crippen LogP contribution is -2.46. The van der Waals surface area contributed by atoms with Gasteiger partial charge < -0.3 is 10.1 Å². The van der Waals surface area contributed by atoms with Gasteiger partial charge in [-0.05, 0) is 50.1 Å². The van der Waals surface area contributed by atoms with Crippen molar-refractivity contribution in [3.05, 3.63) is 58.4 Å². The van der Waals surface area contributed by atoms with Crippen LogP contribution in [0.3, 0.4) is 0 Å². The van der Waals surface area contributed by atoms with E-state index in [0.29, 0.717) is 22.3 Å². The first kappa shape index (κ1) is 25.4. The Labute approximate surface area is 198 Å². The van der Waals surface area contributed by atoms with Crippen LogP contribution in [0.2, 0.25) is 5.02 Å². The van der Waals surface area contributed by atoms with Gasteiger partial charge in [0, 0.05) is 17.7 Å². The van der Waals surface area contributed by atoms with Gasteiger partial charge in [-0.15, -0.1) is 0 Å². The van der Waals surface area contributed by atoms with Crippen LogP contribution < -0.4 is 10.1 Å². The molecule has 3 rings (SSSR count). The summed E-state index contributed by atoms with van der Waals surface area (Å²) in [6.07, 6.45) is -4.70. The predicted octanol–water partition coefficient (Wildman–Crippen LogP) is 5.52. The van der Waals surface area contributed by atoms with Crippen LogP contribution in [-0.2, 0) is 11.3 Å². The molecule has 1 aromatic heterocycles. The molecule has 0 saturated carbocycles. The molecule has 0 aliphatic rings. The number of ether oxygens (including phenoxy) is 1. The summed E-state index contributed by atoms with van der Waals surface area (Å²) in [5, 5.41) is 2.54. The Bertz CT molecular complexity index is 1230. The molecule has 0 aliphatic heterocycles. The summed E-state index contributed by atoms with van der Waals surface area (Å²) in [6.45, 7) is 3.06. The van der Waals surface area contributed by atoms with Crippen molar-refractivity contribution in [3.63, 3.8) is 0 Å². The molecule has 180 valence electrons. The van der Waals surface area contributed by atoms with Gasteiger partial charge in [0.2, 0.25) is 5.91 Å². The monoisotopic (exact) mass is 496 g/mol. The number of hydrogen-bond donors (Lipinski definition) is 1. The first-order valence-electron chi connectivity index (χ1n) is 10.0. The SMILES string of the molecule is COc1nc(-c2ccc(C)c(F)c2)nc(-c2cc(CNC(=O)C(C)(C)C(F)(F)F)ccc2Cl)n1. The number of aryl methyl sites for hydroxylation is 1. The number of hydrogen-bond acceptors (Lipinski definition) is 5. The van der Waals surface area contributed by atoms with E-state index in [4.69, 9.17) is 16.3 Å². The van der Waals surface area contributed by atoms with Crippen molar-refractivity contribution in [2.45, 2.75) is 33.5 Å². The van der Waals surface area contributed by atoms with Gasteiger partial charge in [0.25, 0.3) is 0 Å². The topological polar surface area (TPSA) is 77.0 Å². The highest BCUT2D eigenvalue weighted by Crippen LogP contribution is 2.37. The average molecular weight is 497 g/mol. The highest BCUT2D eigenvalue weighted by Gasteiger charge is 2.52. The van der Waals surface area contributed by atoms with Crippen LogP contribution in [0, 0.1) is 18.2 Å². The van der Waals surface area contributed by atoms with Crippen molar-refractivity contribution in [2.24, 2.45) is 5.41 Å². The van der Waals surface area contributed by atoms with E-state index in [0.717, 1.165) is 13.8 Å². The largest absolute Gasteiger partial charge is 0.467 e. The van der Waals surface area contributed by atoms with Gasteiger partial charge in [-0.25, -0.2) is 9.37 Å². The van der Waals surface area contributed by atoms with E-state index in [-0.39, 0.29) is 29.2 Å². The maximum Gasteiger partial charge on any atom is 0.402 e. The van der Waals surface area contributed by atoms with Crippen LogP contribution in [0.15, 0.2) is 36.4 Å². The van der Waals surface area contributed by atoms with Gasteiger partial charge in [0.1, 0.15) is 11.2 Å². The van der Waals surface area contributed by atoms with Gasteiger partial charge in [-0.3, -0.25) is 4.79 Å². The van der Waals surface area contributed by atoms with Crippen LogP contribution in [0.5, 0.6) is 6.01 Å². The molecule has 0 unspecified atom stereocenters. The molecule has 11 heteroatoms. The first-order valence-corrected chi connectivity index (χ1v) is 10.4. The number of amides is 1. The molecule has 34 heavy (non-hydrogen) atoms. The number of halogens is 5. The molecule has 1 amide bonds. The van der Waals surface area contributed by atoms with Crippen LogP contribution in [0.1, 0.15) is 25.0 Å². The fourth-order valence-corrected chi connectivity index (χ4v) is 3.02. The Kier molecular flexibility index (Phi) is 7.11. The van der Waals surface area contributed by atoms with E-state index in [9.17, 15) is 22.4 Å². The summed E-state index contributed by atoms with van der Waals surface area (Å²) in [6, 6.07) is 9.08. The lowest BCUT2D eigenvalue weighted by Gasteiger charge is -2.26. The van der Waals surface area contributed by atoms with Gasteiger partial charge in [-0.2, -0.15) is 23.1 Å². The zero-order chi connectivity index (χ0) is 25.3. The molecule has 0 fully saturated rings. The molecule has 1 heterocycles. The van der Waals surface area contributed by atoms with Crippen molar-refractivity contribution >= 4 is 17.5 Å². The second kappa shape index (κ2) is 9.54. The third-order valence-corrected chi connectivity index (χ3v) is 5.56. The number of carbonyl (C=O) groups excluding carboxylic acids is 1. The number of nitrogens with zero attached hydrogens (tertiary/aromatic N) is 3. The van der Waals surface area contributed by atoms with E-state index in [1.165, 1.54) is 25.3 Å². The number of carbonyl (C=O) groups is 1. The summed E-state index contributed by atoms with van der Waals surface area (Å²) in [5.74, 6) is -1.35. The van der Waals surface area contributed by atoms with Crippen LogP contribution >= 0.6 is 11.6 Å².